The highest BCUT2D eigenvalue weighted by molar-refractivity contribution is 5.85. The number of carbonyl (C=O) groups excluding carboxylic acids is 1. The van der Waals surface area contributed by atoms with E-state index in [1.807, 2.05) is 11.8 Å². The zero-order valence-corrected chi connectivity index (χ0v) is 18.8. The minimum atomic E-state index is -0.332. The normalized spacial score (nSPS) is 17.3. The number of piperazine rings is 1. The molecule has 3 aromatic rings. The molecule has 1 amide bonds. The lowest BCUT2D eigenvalue weighted by Gasteiger charge is -2.37. The maximum atomic E-state index is 13.3. The van der Waals surface area contributed by atoms with Crippen LogP contribution in [0.2, 0.25) is 0 Å². The molecule has 33 heavy (non-hydrogen) atoms. The summed E-state index contributed by atoms with van der Waals surface area (Å²) >= 11 is 0. The quantitative estimate of drug-likeness (QED) is 0.593. The third-order valence-corrected chi connectivity index (χ3v) is 6.71. The van der Waals surface area contributed by atoms with Gasteiger partial charge in [-0.05, 0) is 44.0 Å². The first-order valence-corrected chi connectivity index (χ1v) is 11.2. The Labute approximate surface area is 190 Å². The standard InChI is InChI=1S/C24H26FN5O3/c1-16-20(22(27-33-16)17-3-5-18(25)6-4-17)15-30-21(31)13-19(14-26-30)28-9-11-29(12-10-28)23(32)24(2)7-8-24/h3-6,13-14H,7-12,15H2,1-2H3. The first-order valence-electron chi connectivity index (χ1n) is 11.2. The molecule has 1 aliphatic carbocycles. The Hall–Kier alpha value is -3.49. The highest BCUT2D eigenvalue weighted by Gasteiger charge is 2.47. The van der Waals surface area contributed by atoms with Crippen molar-refractivity contribution in [3.05, 3.63) is 64.0 Å². The van der Waals surface area contributed by atoms with Gasteiger partial charge in [0.15, 0.2) is 0 Å². The summed E-state index contributed by atoms with van der Waals surface area (Å²) in [5.74, 6) is 0.495. The van der Waals surface area contributed by atoms with Crippen LogP contribution in [-0.2, 0) is 11.3 Å². The fourth-order valence-corrected chi connectivity index (χ4v) is 4.23. The average molecular weight is 452 g/mol. The molecule has 2 fully saturated rings. The lowest BCUT2D eigenvalue weighted by atomic mass is 10.1. The minimum absolute atomic E-state index is 0.156. The van der Waals surface area contributed by atoms with Crippen LogP contribution in [0.15, 0.2) is 45.8 Å². The zero-order chi connectivity index (χ0) is 23.2. The van der Waals surface area contributed by atoms with Gasteiger partial charge in [0.05, 0.1) is 18.4 Å². The molecule has 2 aliphatic rings. The predicted molar refractivity (Wildman–Crippen MR) is 120 cm³/mol. The highest BCUT2D eigenvalue weighted by Crippen LogP contribution is 2.46. The number of rotatable bonds is 5. The number of benzene rings is 1. The summed E-state index contributed by atoms with van der Waals surface area (Å²) < 4.78 is 20.0. The van der Waals surface area contributed by atoms with E-state index in [2.05, 4.69) is 15.2 Å². The monoisotopic (exact) mass is 451 g/mol. The second-order valence-electron chi connectivity index (χ2n) is 9.12. The van der Waals surface area contributed by atoms with E-state index in [0.29, 0.717) is 43.2 Å². The van der Waals surface area contributed by atoms with Crippen molar-refractivity contribution in [1.82, 2.24) is 19.8 Å². The van der Waals surface area contributed by atoms with E-state index in [1.165, 1.54) is 16.8 Å². The van der Waals surface area contributed by atoms with Crippen molar-refractivity contribution in [2.45, 2.75) is 33.2 Å². The van der Waals surface area contributed by atoms with Crippen molar-refractivity contribution in [3.8, 4) is 11.3 Å². The number of anilines is 1. The lowest BCUT2D eigenvalue weighted by molar-refractivity contribution is -0.136. The number of halogens is 1. The van der Waals surface area contributed by atoms with Gasteiger partial charge in [0.1, 0.15) is 17.3 Å². The number of nitrogens with zero attached hydrogens (tertiary/aromatic N) is 5. The third kappa shape index (κ3) is 4.15. The molecule has 2 aromatic heterocycles. The molecule has 1 saturated carbocycles. The van der Waals surface area contributed by atoms with Gasteiger partial charge in [-0.15, -0.1) is 0 Å². The van der Waals surface area contributed by atoms with Crippen molar-refractivity contribution in [3.63, 3.8) is 0 Å². The van der Waals surface area contributed by atoms with Gasteiger partial charge in [0.25, 0.3) is 5.56 Å². The van der Waals surface area contributed by atoms with Crippen molar-refractivity contribution >= 4 is 11.6 Å². The second-order valence-corrected chi connectivity index (χ2v) is 9.12. The Bertz CT molecular complexity index is 1240. The van der Waals surface area contributed by atoms with Gasteiger partial charge in [-0.2, -0.15) is 5.10 Å². The topological polar surface area (TPSA) is 84.5 Å². The number of aromatic nitrogens is 3. The molecule has 0 atom stereocenters. The van der Waals surface area contributed by atoms with E-state index in [0.717, 1.165) is 24.1 Å². The van der Waals surface area contributed by atoms with E-state index >= 15 is 0 Å². The Morgan fingerprint density at radius 3 is 2.48 bits per heavy atom. The van der Waals surface area contributed by atoms with Crippen molar-refractivity contribution in [2.24, 2.45) is 5.41 Å². The molecule has 3 heterocycles. The molecule has 0 bridgehead atoms. The Balaban J connectivity index is 1.30. The van der Waals surface area contributed by atoms with Crippen LogP contribution >= 0.6 is 0 Å². The summed E-state index contributed by atoms with van der Waals surface area (Å²) in [5, 5.41) is 8.47. The highest BCUT2D eigenvalue weighted by atomic mass is 19.1. The third-order valence-electron chi connectivity index (χ3n) is 6.71. The van der Waals surface area contributed by atoms with Crippen molar-refractivity contribution in [2.75, 3.05) is 31.1 Å². The van der Waals surface area contributed by atoms with Crippen LogP contribution < -0.4 is 10.5 Å². The maximum absolute atomic E-state index is 13.3. The Morgan fingerprint density at radius 2 is 1.85 bits per heavy atom. The summed E-state index contributed by atoms with van der Waals surface area (Å²) in [6, 6.07) is 7.56. The minimum Gasteiger partial charge on any atom is -0.367 e. The first kappa shape index (κ1) is 21.4. The number of hydrogen-bond acceptors (Lipinski definition) is 6. The van der Waals surface area contributed by atoms with E-state index in [4.69, 9.17) is 4.52 Å². The SMILES string of the molecule is Cc1onc(-c2ccc(F)cc2)c1Cn1ncc(N2CCN(C(=O)C3(C)CC3)CC2)cc1=O. The molecule has 1 aromatic carbocycles. The molecule has 1 aliphatic heterocycles. The van der Waals surface area contributed by atoms with Gasteiger partial charge in [0, 0.05) is 48.8 Å². The Kier molecular flexibility index (Phi) is 5.26. The molecule has 5 rings (SSSR count). The van der Waals surface area contributed by atoms with E-state index in [1.54, 1.807) is 31.3 Å². The van der Waals surface area contributed by atoms with Gasteiger partial charge >= 0.3 is 0 Å². The number of aryl methyl sites for hydroxylation is 1. The Morgan fingerprint density at radius 1 is 1.15 bits per heavy atom. The summed E-state index contributed by atoms with van der Waals surface area (Å²) in [5.41, 5.74) is 2.36. The van der Waals surface area contributed by atoms with E-state index < -0.39 is 0 Å². The van der Waals surface area contributed by atoms with E-state index in [-0.39, 0.29) is 29.2 Å². The summed E-state index contributed by atoms with van der Waals surface area (Å²) in [4.78, 5) is 29.4. The molecule has 0 radical (unpaired) electrons. The van der Waals surface area contributed by atoms with Crippen LogP contribution in [0.25, 0.3) is 11.3 Å². The maximum Gasteiger partial charge on any atom is 0.269 e. The summed E-state index contributed by atoms with van der Waals surface area (Å²) in [7, 11) is 0. The molecule has 0 N–H and O–H groups in total. The summed E-state index contributed by atoms with van der Waals surface area (Å²) in [6.07, 6.45) is 3.63. The van der Waals surface area contributed by atoms with Crippen molar-refractivity contribution in [1.29, 1.82) is 0 Å². The van der Waals surface area contributed by atoms with Crippen molar-refractivity contribution < 1.29 is 13.7 Å². The molecule has 0 unspecified atom stereocenters. The molecular formula is C24H26FN5O3. The molecule has 1 saturated heterocycles. The second kappa shape index (κ2) is 8.13. The number of amides is 1. The zero-order valence-electron chi connectivity index (χ0n) is 18.8. The largest absolute Gasteiger partial charge is 0.367 e. The van der Waals surface area contributed by atoms with Gasteiger partial charge in [-0.3, -0.25) is 9.59 Å². The fraction of sp³-hybridized carbons (Fsp3) is 0.417. The van der Waals surface area contributed by atoms with Crippen LogP contribution in [0.3, 0.4) is 0 Å². The van der Waals surface area contributed by atoms with Gasteiger partial charge in [-0.1, -0.05) is 12.1 Å². The number of carbonyl (C=O) groups is 1. The fourth-order valence-electron chi connectivity index (χ4n) is 4.23. The van der Waals surface area contributed by atoms with Gasteiger partial charge in [0.2, 0.25) is 5.91 Å². The molecule has 9 heteroatoms. The summed E-state index contributed by atoms with van der Waals surface area (Å²) in [6.45, 7) is 6.65. The number of hydrogen-bond donors (Lipinski definition) is 0. The molecule has 172 valence electrons. The predicted octanol–water partition coefficient (Wildman–Crippen LogP) is 2.84. The van der Waals surface area contributed by atoms with Crippen LogP contribution in [0.1, 0.15) is 31.1 Å². The van der Waals surface area contributed by atoms with Crippen LogP contribution in [0, 0.1) is 18.2 Å². The smallest absolute Gasteiger partial charge is 0.269 e. The van der Waals surface area contributed by atoms with Crippen LogP contribution in [0.4, 0.5) is 10.1 Å². The van der Waals surface area contributed by atoms with Gasteiger partial charge < -0.3 is 14.3 Å². The van der Waals surface area contributed by atoms with Crippen LogP contribution in [0.5, 0.6) is 0 Å². The average Bonchev–Trinajstić information content (AvgIpc) is 3.48. The molecule has 8 nitrogen and oxygen atoms in total. The van der Waals surface area contributed by atoms with Gasteiger partial charge in [-0.25, -0.2) is 9.07 Å². The lowest BCUT2D eigenvalue weighted by Crippen LogP contribution is -2.50. The van der Waals surface area contributed by atoms with Crippen LogP contribution in [-0.4, -0.2) is 51.9 Å². The van der Waals surface area contributed by atoms with E-state index in [9.17, 15) is 14.0 Å². The molecule has 0 spiro atoms. The molecular weight excluding hydrogens is 425 g/mol. The first-order chi connectivity index (χ1) is 15.8.